The van der Waals surface area contributed by atoms with Crippen LogP contribution in [0.15, 0.2) is 67.0 Å². The Bertz CT molecular complexity index is 1350. The van der Waals surface area contributed by atoms with Gasteiger partial charge in [0.05, 0.1) is 11.4 Å². The summed E-state index contributed by atoms with van der Waals surface area (Å²) in [5, 5.41) is 10.3. The van der Waals surface area contributed by atoms with Crippen LogP contribution in [-0.4, -0.2) is 31.1 Å². The van der Waals surface area contributed by atoms with Gasteiger partial charge in [0.1, 0.15) is 17.2 Å². The standard InChI is InChI=1S/C25H23FN6O2/c1-15-4-5-17(19-10-12-29-23(30-19)25(2,3)34)14-20(15)32(24(27)33)21-11-13-28-22(31-21)16-6-8-18(26)9-7-16/h4-14,34H,1-3H3,(H2,27,33). The van der Waals surface area contributed by atoms with Gasteiger partial charge < -0.3 is 10.8 Å². The predicted octanol–water partition coefficient (Wildman–Crippen LogP) is 4.49. The second-order valence-electron chi connectivity index (χ2n) is 8.24. The number of amides is 2. The Kier molecular flexibility index (Phi) is 6.04. The highest BCUT2D eigenvalue weighted by molar-refractivity contribution is 5.99. The van der Waals surface area contributed by atoms with Crippen LogP contribution in [0.1, 0.15) is 25.2 Å². The van der Waals surface area contributed by atoms with E-state index in [2.05, 4.69) is 19.9 Å². The number of urea groups is 1. The van der Waals surface area contributed by atoms with Gasteiger partial charge in [-0.25, -0.2) is 34.0 Å². The third kappa shape index (κ3) is 4.74. The van der Waals surface area contributed by atoms with Crippen molar-refractivity contribution >= 4 is 17.5 Å². The molecule has 2 aromatic carbocycles. The molecule has 0 saturated heterocycles. The number of anilines is 2. The highest BCUT2D eigenvalue weighted by Gasteiger charge is 2.22. The average molecular weight is 458 g/mol. The first-order chi connectivity index (χ1) is 16.1. The quantitative estimate of drug-likeness (QED) is 0.455. The van der Waals surface area contributed by atoms with Crippen LogP contribution >= 0.6 is 0 Å². The molecule has 0 bridgehead atoms. The molecule has 0 spiro atoms. The summed E-state index contributed by atoms with van der Waals surface area (Å²) < 4.78 is 13.3. The fraction of sp³-hybridized carbons (Fsp3) is 0.160. The van der Waals surface area contributed by atoms with Crippen LogP contribution in [0.5, 0.6) is 0 Å². The van der Waals surface area contributed by atoms with E-state index in [1.165, 1.54) is 23.2 Å². The second kappa shape index (κ2) is 8.95. The monoisotopic (exact) mass is 458 g/mol. The number of nitrogens with zero attached hydrogens (tertiary/aromatic N) is 5. The van der Waals surface area contributed by atoms with Crippen LogP contribution in [0.25, 0.3) is 22.6 Å². The Labute approximate surface area is 196 Å². The zero-order chi connectivity index (χ0) is 24.5. The number of halogens is 1. The molecule has 2 aromatic heterocycles. The molecular weight excluding hydrogens is 435 g/mol. The van der Waals surface area contributed by atoms with Crippen molar-refractivity contribution in [2.75, 3.05) is 4.90 Å². The van der Waals surface area contributed by atoms with Crippen LogP contribution in [0.4, 0.5) is 20.7 Å². The minimum atomic E-state index is -1.21. The van der Waals surface area contributed by atoms with Crippen molar-refractivity contribution in [1.29, 1.82) is 0 Å². The normalized spacial score (nSPS) is 11.3. The molecule has 34 heavy (non-hydrogen) atoms. The lowest BCUT2D eigenvalue weighted by atomic mass is 10.0. The van der Waals surface area contributed by atoms with Gasteiger partial charge in [-0.2, -0.15) is 0 Å². The fourth-order valence-electron chi connectivity index (χ4n) is 3.39. The summed E-state index contributed by atoms with van der Waals surface area (Å²) in [6, 6.07) is 13.8. The molecule has 4 rings (SSSR count). The number of carbonyl (C=O) groups excluding carboxylic acids is 1. The van der Waals surface area contributed by atoms with E-state index in [-0.39, 0.29) is 17.5 Å². The molecule has 4 aromatic rings. The number of nitrogens with two attached hydrogens (primary N) is 1. The largest absolute Gasteiger partial charge is 0.382 e. The van der Waals surface area contributed by atoms with E-state index < -0.39 is 11.6 Å². The molecule has 0 aliphatic heterocycles. The van der Waals surface area contributed by atoms with Crippen molar-refractivity contribution in [3.05, 3.63) is 84.2 Å². The summed E-state index contributed by atoms with van der Waals surface area (Å²) in [7, 11) is 0. The molecule has 2 amide bonds. The summed E-state index contributed by atoms with van der Waals surface area (Å²) in [4.78, 5) is 31.2. The number of hydrogen-bond acceptors (Lipinski definition) is 6. The van der Waals surface area contributed by atoms with Gasteiger partial charge in [-0.3, -0.25) is 0 Å². The molecule has 0 fully saturated rings. The van der Waals surface area contributed by atoms with Crippen molar-refractivity contribution < 1.29 is 14.3 Å². The van der Waals surface area contributed by atoms with Crippen LogP contribution in [0.3, 0.4) is 0 Å². The maximum Gasteiger partial charge on any atom is 0.325 e. The molecule has 2 heterocycles. The van der Waals surface area contributed by atoms with Gasteiger partial charge in [0.25, 0.3) is 0 Å². The molecule has 172 valence electrons. The van der Waals surface area contributed by atoms with E-state index in [1.54, 1.807) is 50.4 Å². The Hall–Kier alpha value is -4.24. The third-order valence-corrected chi connectivity index (χ3v) is 5.14. The van der Waals surface area contributed by atoms with Crippen molar-refractivity contribution in [3.63, 3.8) is 0 Å². The maximum absolute atomic E-state index is 13.3. The van der Waals surface area contributed by atoms with E-state index in [4.69, 9.17) is 5.73 Å². The molecule has 0 aliphatic carbocycles. The molecule has 8 nitrogen and oxygen atoms in total. The third-order valence-electron chi connectivity index (χ3n) is 5.14. The zero-order valence-corrected chi connectivity index (χ0v) is 18.9. The molecular formula is C25H23FN6O2. The van der Waals surface area contributed by atoms with Crippen molar-refractivity contribution in [1.82, 2.24) is 19.9 Å². The van der Waals surface area contributed by atoms with E-state index in [0.717, 1.165) is 5.56 Å². The Balaban J connectivity index is 1.79. The first-order valence-corrected chi connectivity index (χ1v) is 10.5. The topological polar surface area (TPSA) is 118 Å². The minimum Gasteiger partial charge on any atom is -0.382 e. The smallest absolute Gasteiger partial charge is 0.325 e. The molecule has 3 N–H and O–H groups in total. The predicted molar refractivity (Wildman–Crippen MR) is 127 cm³/mol. The van der Waals surface area contributed by atoms with Crippen LogP contribution in [0.2, 0.25) is 0 Å². The van der Waals surface area contributed by atoms with E-state index in [1.807, 2.05) is 19.1 Å². The van der Waals surface area contributed by atoms with Gasteiger partial charge in [-0.1, -0.05) is 12.1 Å². The van der Waals surface area contributed by atoms with E-state index in [0.29, 0.717) is 28.3 Å². The number of aromatic nitrogens is 4. The van der Waals surface area contributed by atoms with Gasteiger partial charge in [-0.15, -0.1) is 0 Å². The van der Waals surface area contributed by atoms with Crippen molar-refractivity contribution in [2.24, 2.45) is 5.73 Å². The number of primary amides is 1. The lowest BCUT2D eigenvalue weighted by Crippen LogP contribution is -2.32. The van der Waals surface area contributed by atoms with E-state index >= 15 is 0 Å². The highest BCUT2D eigenvalue weighted by atomic mass is 19.1. The number of carbonyl (C=O) groups is 1. The summed E-state index contributed by atoms with van der Waals surface area (Å²) in [5.41, 5.74) is 7.72. The fourth-order valence-corrected chi connectivity index (χ4v) is 3.39. The van der Waals surface area contributed by atoms with Gasteiger partial charge >= 0.3 is 6.03 Å². The Morgan fingerprint density at radius 2 is 1.65 bits per heavy atom. The molecule has 0 saturated carbocycles. The maximum atomic E-state index is 13.3. The van der Waals surface area contributed by atoms with Crippen molar-refractivity contribution in [3.8, 4) is 22.6 Å². The number of aryl methyl sites for hydroxylation is 1. The van der Waals surface area contributed by atoms with Gasteiger partial charge in [-0.05, 0) is 68.8 Å². The number of hydrogen-bond donors (Lipinski definition) is 2. The van der Waals surface area contributed by atoms with Crippen LogP contribution in [0, 0.1) is 12.7 Å². The number of benzene rings is 2. The van der Waals surface area contributed by atoms with Gasteiger partial charge in [0.2, 0.25) is 0 Å². The first-order valence-electron chi connectivity index (χ1n) is 10.5. The molecule has 0 aliphatic rings. The van der Waals surface area contributed by atoms with E-state index in [9.17, 15) is 14.3 Å². The lowest BCUT2D eigenvalue weighted by Gasteiger charge is -2.23. The van der Waals surface area contributed by atoms with Crippen LogP contribution < -0.4 is 10.6 Å². The SMILES string of the molecule is Cc1ccc(-c2ccnc(C(C)(C)O)n2)cc1N(C(N)=O)c1ccnc(-c2ccc(F)cc2)n1. The summed E-state index contributed by atoms with van der Waals surface area (Å²) in [6.45, 7) is 5.06. The molecule has 0 atom stereocenters. The minimum absolute atomic E-state index is 0.266. The number of aliphatic hydroxyl groups is 1. The van der Waals surface area contributed by atoms with Gasteiger partial charge in [0.15, 0.2) is 11.6 Å². The van der Waals surface area contributed by atoms with Gasteiger partial charge in [0, 0.05) is 23.5 Å². The summed E-state index contributed by atoms with van der Waals surface area (Å²) in [5.74, 6) is 0.493. The Morgan fingerprint density at radius 3 is 2.32 bits per heavy atom. The summed E-state index contributed by atoms with van der Waals surface area (Å²) in [6.07, 6.45) is 3.08. The molecule has 0 radical (unpaired) electrons. The zero-order valence-electron chi connectivity index (χ0n) is 18.9. The molecule has 0 unspecified atom stereocenters. The average Bonchev–Trinajstić information content (AvgIpc) is 2.80. The highest BCUT2D eigenvalue weighted by Crippen LogP contribution is 2.32. The Morgan fingerprint density at radius 1 is 0.971 bits per heavy atom. The summed E-state index contributed by atoms with van der Waals surface area (Å²) >= 11 is 0. The van der Waals surface area contributed by atoms with Crippen molar-refractivity contribution in [2.45, 2.75) is 26.4 Å². The van der Waals surface area contributed by atoms with Crippen LogP contribution in [-0.2, 0) is 5.60 Å². The number of rotatable bonds is 5. The second-order valence-corrected chi connectivity index (χ2v) is 8.24. The first kappa shape index (κ1) is 22.9. The lowest BCUT2D eigenvalue weighted by molar-refractivity contribution is 0.0688. The molecule has 9 heteroatoms.